The van der Waals surface area contributed by atoms with Crippen molar-refractivity contribution in [3.8, 4) is 0 Å². The number of nitrogens with zero attached hydrogens (tertiary/aromatic N) is 2. The van der Waals surface area contributed by atoms with Crippen molar-refractivity contribution >= 4 is 33.3 Å². The molecule has 0 radical (unpaired) electrons. The molecule has 0 bridgehead atoms. The standard InChI is InChI=1S/C15H22N4S/c1-3-16-15-18-13(12-7-8-20-14(12)19-15)17-9-11-6-4-5-10(11)2/h7-8,10-11H,3-6,9H2,1-2H3,(H2,16,17,18,19). The summed E-state index contributed by atoms with van der Waals surface area (Å²) in [6.45, 7) is 6.30. The first kappa shape index (κ1) is 13.6. The van der Waals surface area contributed by atoms with Crippen LogP contribution in [0.2, 0.25) is 0 Å². The lowest BCUT2D eigenvalue weighted by molar-refractivity contribution is 0.439. The van der Waals surface area contributed by atoms with E-state index in [-0.39, 0.29) is 0 Å². The zero-order valence-corrected chi connectivity index (χ0v) is 13.0. The molecule has 2 unspecified atom stereocenters. The highest BCUT2D eigenvalue weighted by Gasteiger charge is 2.23. The molecule has 0 aliphatic heterocycles. The molecule has 4 nitrogen and oxygen atoms in total. The predicted octanol–water partition coefficient (Wildman–Crippen LogP) is 3.97. The second kappa shape index (κ2) is 5.95. The second-order valence-electron chi connectivity index (χ2n) is 5.61. The quantitative estimate of drug-likeness (QED) is 0.874. The van der Waals surface area contributed by atoms with E-state index in [0.29, 0.717) is 0 Å². The lowest BCUT2D eigenvalue weighted by Gasteiger charge is -2.17. The maximum Gasteiger partial charge on any atom is 0.226 e. The fourth-order valence-corrected chi connectivity index (χ4v) is 3.74. The van der Waals surface area contributed by atoms with E-state index in [4.69, 9.17) is 0 Å². The van der Waals surface area contributed by atoms with E-state index in [2.05, 4.69) is 45.9 Å². The number of fused-ring (bicyclic) bond motifs is 1. The Morgan fingerprint density at radius 2 is 2.20 bits per heavy atom. The Bertz CT molecular complexity index is 580. The zero-order valence-electron chi connectivity index (χ0n) is 12.1. The molecule has 2 aromatic rings. The Morgan fingerprint density at radius 1 is 1.30 bits per heavy atom. The Morgan fingerprint density at radius 3 is 2.95 bits per heavy atom. The number of rotatable bonds is 5. The highest BCUT2D eigenvalue weighted by atomic mass is 32.1. The van der Waals surface area contributed by atoms with Gasteiger partial charge in [-0.15, -0.1) is 11.3 Å². The van der Waals surface area contributed by atoms with Crippen molar-refractivity contribution in [2.45, 2.75) is 33.1 Å². The molecule has 3 rings (SSSR count). The highest BCUT2D eigenvalue weighted by Crippen LogP contribution is 2.32. The van der Waals surface area contributed by atoms with Crippen molar-refractivity contribution in [3.05, 3.63) is 11.4 Å². The molecule has 108 valence electrons. The lowest BCUT2D eigenvalue weighted by Crippen LogP contribution is -2.17. The number of nitrogens with one attached hydrogen (secondary N) is 2. The number of anilines is 2. The molecule has 1 aliphatic rings. The Hall–Kier alpha value is -1.36. The van der Waals surface area contributed by atoms with E-state index >= 15 is 0 Å². The molecular formula is C15H22N4S. The summed E-state index contributed by atoms with van der Waals surface area (Å²) in [5.74, 6) is 3.31. The first-order valence-corrected chi connectivity index (χ1v) is 8.39. The van der Waals surface area contributed by atoms with Gasteiger partial charge >= 0.3 is 0 Å². The summed E-state index contributed by atoms with van der Waals surface area (Å²) in [7, 11) is 0. The van der Waals surface area contributed by atoms with Crippen LogP contribution in [-0.2, 0) is 0 Å². The van der Waals surface area contributed by atoms with E-state index in [1.165, 1.54) is 19.3 Å². The minimum atomic E-state index is 0.726. The predicted molar refractivity (Wildman–Crippen MR) is 86.6 cm³/mol. The van der Waals surface area contributed by atoms with Crippen molar-refractivity contribution in [2.24, 2.45) is 11.8 Å². The van der Waals surface area contributed by atoms with Gasteiger partial charge in [-0.25, -0.2) is 4.98 Å². The zero-order chi connectivity index (χ0) is 13.9. The van der Waals surface area contributed by atoms with E-state index < -0.39 is 0 Å². The summed E-state index contributed by atoms with van der Waals surface area (Å²) in [5.41, 5.74) is 0. The molecule has 1 saturated carbocycles. The first-order valence-electron chi connectivity index (χ1n) is 7.51. The van der Waals surface area contributed by atoms with Crippen LogP contribution in [0.4, 0.5) is 11.8 Å². The van der Waals surface area contributed by atoms with Gasteiger partial charge in [0.2, 0.25) is 5.95 Å². The fourth-order valence-electron chi connectivity index (χ4n) is 2.98. The topological polar surface area (TPSA) is 49.8 Å². The van der Waals surface area contributed by atoms with Crippen LogP contribution in [0.1, 0.15) is 33.1 Å². The number of thiophene rings is 1. The number of hydrogen-bond acceptors (Lipinski definition) is 5. The summed E-state index contributed by atoms with van der Waals surface area (Å²) >= 11 is 1.67. The molecule has 2 aromatic heterocycles. The van der Waals surface area contributed by atoms with Gasteiger partial charge in [0.15, 0.2) is 0 Å². The molecule has 1 fully saturated rings. The summed E-state index contributed by atoms with van der Waals surface area (Å²) in [6, 6.07) is 2.11. The lowest BCUT2D eigenvalue weighted by atomic mass is 9.98. The third-order valence-corrected chi connectivity index (χ3v) is 5.04. The summed E-state index contributed by atoms with van der Waals surface area (Å²) in [6.07, 6.45) is 4.08. The van der Waals surface area contributed by atoms with Gasteiger partial charge in [0.05, 0.1) is 5.39 Å². The molecule has 0 aromatic carbocycles. The minimum absolute atomic E-state index is 0.726. The van der Waals surface area contributed by atoms with Crippen molar-refractivity contribution < 1.29 is 0 Å². The number of aromatic nitrogens is 2. The van der Waals surface area contributed by atoms with Crippen LogP contribution in [0.15, 0.2) is 11.4 Å². The normalized spacial score (nSPS) is 22.3. The minimum Gasteiger partial charge on any atom is -0.369 e. The summed E-state index contributed by atoms with van der Waals surface area (Å²) < 4.78 is 0. The van der Waals surface area contributed by atoms with E-state index in [0.717, 1.165) is 46.9 Å². The van der Waals surface area contributed by atoms with Crippen molar-refractivity contribution in [1.82, 2.24) is 9.97 Å². The van der Waals surface area contributed by atoms with Gasteiger partial charge in [-0.1, -0.05) is 19.8 Å². The third kappa shape index (κ3) is 2.73. The SMILES string of the molecule is CCNc1nc(NCC2CCCC2C)c2ccsc2n1. The summed E-state index contributed by atoms with van der Waals surface area (Å²) in [4.78, 5) is 10.2. The van der Waals surface area contributed by atoms with Gasteiger partial charge in [0, 0.05) is 13.1 Å². The second-order valence-corrected chi connectivity index (χ2v) is 6.51. The van der Waals surface area contributed by atoms with Crippen LogP contribution in [0.3, 0.4) is 0 Å². The van der Waals surface area contributed by atoms with Crippen LogP contribution in [-0.4, -0.2) is 23.1 Å². The van der Waals surface area contributed by atoms with Crippen LogP contribution in [0, 0.1) is 11.8 Å². The van der Waals surface area contributed by atoms with Gasteiger partial charge in [0.1, 0.15) is 10.6 Å². The van der Waals surface area contributed by atoms with Gasteiger partial charge in [0.25, 0.3) is 0 Å². The van der Waals surface area contributed by atoms with Gasteiger partial charge in [-0.05, 0) is 36.6 Å². The first-order chi connectivity index (χ1) is 9.78. The molecule has 20 heavy (non-hydrogen) atoms. The monoisotopic (exact) mass is 290 g/mol. The molecule has 5 heteroatoms. The largest absolute Gasteiger partial charge is 0.369 e. The van der Waals surface area contributed by atoms with Crippen LogP contribution < -0.4 is 10.6 Å². The van der Waals surface area contributed by atoms with Crippen molar-refractivity contribution in [1.29, 1.82) is 0 Å². The Kier molecular flexibility index (Phi) is 4.05. The molecular weight excluding hydrogens is 268 g/mol. The average molecular weight is 290 g/mol. The van der Waals surface area contributed by atoms with Crippen molar-refractivity contribution in [3.63, 3.8) is 0 Å². The number of hydrogen-bond donors (Lipinski definition) is 2. The van der Waals surface area contributed by atoms with Crippen LogP contribution >= 0.6 is 11.3 Å². The van der Waals surface area contributed by atoms with Gasteiger partial charge in [-0.3, -0.25) is 0 Å². The highest BCUT2D eigenvalue weighted by molar-refractivity contribution is 7.16. The van der Waals surface area contributed by atoms with Crippen LogP contribution in [0.25, 0.3) is 10.2 Å². The maximum absolute atomic E-state index is 4.62. The molecule has 2 N–H and O–H groups in total. The molecule has 0 saturated heterocycles. The fraction of sp³-hybridized carbons (Fsp3) is 0.600. The smallest absolute Gasteiger partial charge is 0.226 e. The third-order valence-electron chi connectivity index (χ3n) is 4.23. The van der Waals surface area contributed by atoms with E-state index in [1.54, 1.807) is 11.3 Å². The van der Waals surface area contributed by atoms with E-state index in [1.807, 2.05) is 0 Å². The molecule has 1 aliphatic carbocycles. The van der Waals surface area contributed by atoms with Crippen LogP contribution in [0.5, 0.6) is 0 Å². The van der Waals surface area contributed by atoms with E-state index in [9.17, 15) is 0 Å². The Balaban J connectivity index is 1.80. The maximum atomic E-state index is 4.62. The Labute approximate surface area is 124 Å². The molecule has 2 heterocycles. The van der Waals surface area contributed by atoms with Gasteiger partial charge < -0.3 is 10.6 Å². The van der Waals surface area contributed by atoms with Crippen molar-refractivity contribution in [2.75, 3.05) is 23.7 Å². The molecule has 0 amide bonds. The molecule has 0 spiro atoms. The summed E-state index contributed by atoms with van der Waals surface area (Å²) in [5, 5.41) is 9.99. The van der Waals surface area contributed by atoms with Gasteiger partial charge in [-0.2, -0.15) is 4.98 Å². The molecule has 2 atom stereocenters. The average Bonchev–Trinajstić information content (AvgIpc) is 3.05.